The molecule has 1 aliphatic rings. The molecule has 4 unspecified atom stereocenters. The zero-order valence-corrected chi connectivity index (χ0v) is 13.8. The first-order valence-corrected chi connectivity index (χ1v) is 10.7. The first-order valence-electron chi connectivity index (χ1n) is 7.27. The molecule has 0 saturated carbocycles. The van der Waals surface area contributed by atoms with Gasteiger partial charge < -0.3 is 14.3 Å². The summed E-state index contributed by atoms with van der Waals surface area (Å²) in [5, 5.41) is 10.0. The summed E-state index contributed by atoms with van der Waals surface area (Å²) >= 11 is 0. The number of rotatable bonds is 8. The second-order valence-corrected chi connectivity index (χ2v) is 11.2. The van der Waals surface area contributed by atoms with Crippen LogP contribution in [0.1, 0.15) is 40.0 Å². The molecule has 1 fully saturated rings. The number of ether oxygens (including phenoxy) is 1. The molecule has 1 aliphatic heterocycles. The van der Waals surface area contributed by atoms with Gasteiger partial charge in [0.1, 0.15) is 12.2 Å². The molecule has 0 spiro atoms. The van der Waals surface area contributed by atoms with E-state index in [0.29, 0.717) is 0 Å². The Morgan fingerprint density at radius 3 is 2.28 bits per heavy atom. The number of aliphatic hydroxyl groups is 1. The molecule has 0 radical (unpaired) electrons. The number of aliphatic hydroxyl groups excluding tert-OH is 1. The third kappa shape index (κ3) is 5.00. The van der Waals surface area contributed by atoms with Crippen molar-refractivity contribution >= 4 is 8.32 Å². The summed E-state index contributed by atoms with van der Waals surface area (Å²) in [5.41, 5.74) is 0. The fraction of sp³-hybridized carbons (Fsp3) is 1.00. The minimum atomic E-state index is -1.55. The molecule has 0 amide bonds. The molecule has 18 heavy (non-hydrogen) atoms. The largest absolute Gasteiger partial charge is 0.412 e. The molecule has 0 aromatic heterocycles. The Balaban J connectivity index is 2.52. The molecule has 4 atom stereocenters. The molecule has 1 rings (SSSR count). The van der Waals surface area contributed by atoms with Gasteiger partial charge in [-0.3, -0.25) is 0 Å². The Kier molecular flexibility index (Phi) is 5.84. The summed E-state index contributed by atoms with van der Waals surface area (Å²) in [6.07, 6.45) is 3.31. The first-order chi connectivity index (χ1) is 8.26. The van der Waals surface area contributed by atoms with E-state index in [9.17, 15) is 5.11 Å². The van der Waals surface area contributed by atoms with Crippen LogP contribution in [-0.4, -0.2) is 37.8 Å². The molecule has 0 aliphatic carbocycles. The van der Waals surface area contributed by atoms with E-state index in [1.807, 2.05) is 13.8 Å². The normalized spacial score (nSPS) is 27.3. The van der Waals surface area contributed by atoms with Gasteiger partial charge in [0, 0.05) is 0 Å². The highest BCUT2D eigenvalue weighted by atomic mass is 28.4. The van der Waals surface area contributed by atoms with Crippen LogP contribution in [0.15, 0.2) is 0 Å². The average Bonchev–Trinajstić information content (AvgIpc) is 3.01. The van der Waals surface area contributed by atoms with E-state index in [1.165, 1.54) is 12.8 Å². The van der Waals surface area contributed by atoms with Crippen molar-refractivity contribution in [3.05, 3.63) is 0 Å². The molecule has 3 nitrogen and oxygen atoms in total. The van der Waals surface area contributed by atoms with E-state index in [2.05, 4.69) is 26.6 Å². The monoisotopic (exact) mass is 274 g/mol. The van der Waals surface area contributed by atoms with Gasteiger partial charge in [-0.25, -0.2) is 0 Å². The van der Waals surface area contributed by atoms with E-state index in [-0.39, 0.29) is 30.3 Å². The second kappa shape index (κ2) is 6.50. The number of hydrogen-bond acceptors (Lipinski definition) is 3. The van der Waals surface area contributed by atoms with Gasteiger partial charge in [0.05, 0.1) is 12.2 Å². The highest BCUT2D eigenvalue weighted by molar-refractivity contribution is 6.69. The van der Waals surface area contributed by atoms with Crippen molar-refractivity contribution in [2.24, 2.45) is 5.92 Å². The summed E-state index contributed by atoms with van der Waals surface area (Å²) in [6, 6.07) is 0. The van der Waals surface area contributed by atoms with E-state index in [0.717, 1.165) is 6.42 Å². The molecular weight excluding hydrogens is 244 g/mol. The van der Waals surface area contributed by atoms with Gasteiger partial charge in [0.2, 0.25) is 0 Å². The lowest BCUT2D eigenvalue weighted by atomic mass is 9.99. The zero-order valence-electron chi connectivity index (χ0n) is 12.8. The van der Waals surface area contributed by atoms with Crippen molar-refractivity contribution in [3.63, 3.8) is 0 Å². The molecule has 1 saturated heterocycles. The maximum Gasteiger partial charge on any atom is 0.184 e. The van der Waals surface area contributed by atoms with Gasteiger partial charge in [-0.15, -0.1) is 0 Å². The maximum absolute atomic E-state index is 10.0. The van der Waals surface area contributed by atoms with Crippen LogP contribution in [0.5, 0.6) is 0 Å². The lowest BCUT2D eigenvalue weighted by Gasteiger charge is -2.26. The van der Waals surface area contributed by atoms with Crippen LogP contribution in [0.4, 0.5) is 0 Å². The van der Waals surface area contributed by atoms with Crippen LogP contribution in [0.25, 0.3) is 0 Å². The molecule has 0 aromatic carbocycles. The van der Waals surface area contributed by atoms with E-state index in [1.54, 1.807) is 0 Å². The van der Waals surface area contributed by atoms with Crippen LogP contribution in [0, 0.1) is 5.92 Å². The Hall–Kier alpha value is 0.0969. The van der Waals surface area contributed by atoms with Crippen molar-refractivity contribution in [1.82, 2.24) is 0 Å². The molecule has 108 valence electrons. The quantitative estimate of drug-likeness (QED) is 0.546. The molecule has 0 aromatic rings. The summed E-state index contributed by atoms with van der Waals surface area (Å²) in [5.74, 6) is 0.249. The number of hydrogen-bond donors (Lipinski definition) is 1. The maximum atomic E-state index is 10.0. The summed E-state index contributed by atoms with van der Waals surface area (Å²) in [7, 11) is -1.55. The van der Waals surface area contributed by atoms with Crippen LogP contribution >= 0.6 is 0 Å². The Labute approximate surface area is 113 Å². The summed E-state index contributed by atoms with van der Waals surface area (Å²) in [6.45, 7) is 12.9. The van der Waals surface area contributed by atoms with E-state index < -0.39 is 8.32 Å². The van der Waals surface area contributed by atoms with Gasteiger partial charge in [-0.1, -0.05) is 33.6 Å². The standard InChI is InChI=1S/C14H30O3Si/c1-7-8-9-11(17-18(4,5)6)13-14(16-13)12(15)10(2)3/h10-15H,7-9H2,1-6H3. The molecule has 1 N–H and O–H groups in total. The van der Waals surface area contributed by atoms with Gasteiger partial charge >= 0.3 is 0 Å². The molecular formula is C14H30O3Si. The van der Waals surface area contributed by atoms with Gasteiger partial charge in [0.25, 0.3) is 0 Å². The highest BCUT2D eigenvalue weighted by Crippen LogP contribution is 2.35. The van der Waals surface area contributed by atoms with E-state index >= 15 is 0 Å². The van der Waals surface area contributed by atoms with Crippen molar-refractivity contribution in [2.45, 2.75) is 84.1 Å². The van der Waals surface area contributed by atoms with Crippen molar-refractivity contribution in [2.75, 3.05) is 0 Å². The van der Waals surface area contributed by atoms with Crippen LogP contribution < -0.4 is 0 Å². The van der Waals surface area contributed by atoms with Crippen molar-refractivity contribution in [1.29, 1.82) is 0 Å². The SMILES string of the molecule is CCCCC(O[Si](C)(C)C)C1OC1C(O)C(C)C. The molecule has 4 heteroatoms. The fourth-order valence-corrected chi connectivity index (χ4v) is 3.40. The minimum absolute atomic E-state index is 0.0109. The highest BCUT2D eigenvalue weighted by Gasteiger charge is 2.50. The van der Waals surface area contributed by atoms with Crippen LogP contribution in [0.2, 0.25) is 19.6 Å². The number of unbranched alkanes of at least 4 members (excludes halogenated alkanes) is 1. The van der Waals surface area contributed by atoms with Gasteiger partial charge in [-0.2, -0.15) is 0 Å². The minimum Gasteiger partial charge on any atom is -0.412 e. The van der Waals surface area contributed by atoms with Crippen LogP contribution in [0.3, 0.4) is 0 Å². The van der Waals surface area contributed by atoms with Crippen molar-refractivity contribution < 1.29 is 14.3 Å². The third-order valence-electron chi connectivity index (χ3n) is 3.29. The topological polar surface area (TPSA) is 42.0 Å². The predicted molar refractivity (Wildman–Crippen MR) is 77.2 cm³/mol. The lowest BCUT2D eigenvalue weighted by molar-refractivity contribution is 0.0922. The average molecular weight is 274 g/mol. The van der Waals surface area contributed by atoms with Crippen molar-refractivity contribution in [3.8, 4) is 0 Å². The summed E-state index contributed by atoms with van der Waals surface area (Å²) in [4.78, 5) is 0. The Bertz CT molecular complexity index is 250. The predicted octanol–water partition coefficient (Wildman–Crippen LogP) is 3.18. The second-order valence-electron chi connectivity index (χ2n) is 6.71. The van der Waals surface area contributed by atoms with Gasteiger partial charge in [-0.05, 0) is 32.0 Å². The van der Waals surface area contributed by atoms with Gasteiger partial charge in [0.15, 0.2) is 8.32 Å². The lowest BCUT2D eigenvalue weighted by Crippen LogP contribution is -2.37. The number of epoxide rings is 1. The Morgan fingerprint density at radius 2 is 1.83 bits per heavy atom. The molecule has 1 heterocycles. The Morgan fingerprint density at radius 1 is 1.22 bits per heavy atom. The fourth-order valence-electron chi connectivity index (χ4n) is 2.24. The summed E-state index contributed by atoms with van der Waals surface area (Å²) < 4.78 is 11.9. The first kappa shape index (κ1) is 16.2. The third-order valence-corrected chi connectivity index (χ3v) is 4.30. The van der Waals surface area contributed by atoms with E-state index in [4.69, 9.17) is 9.16 Å². The zero-order chi connectivity index (χ0) is 13.9. The van der Waals surface area contributed by atoms with Crippen LogP contribution in [-0.2, 0) is 9.16 Å². The smallest absolute Gasteiger partial charge is 0.184 e. The molecule has 0 bridgehead atoms.